The van der Waals surface area contributed by atoms with E-state index in [1.165, 1.54) is 5.56 Å². The van der Waals surface area contributed by atoms with Gasteiger partial charge in [-0.15, -0.1) is 0 Å². The molecule has 1 fully saturated rings. The lowest BCUT2D eigenvalue weighted by molar-refractivity contribution is -0.147. The largest absolute Gasteiger partial charge is 0.480 e. The molecule has 1 atom stereocenters. The summed E-state index contributed by atoms with van der Waals surface area (Å²) in [4.78, 5) is 14.2. The van der Waals surface area contributed by atoms with Crippen LogP contribution in [0.4, 0.5) is 0 Å². The standard InChI is InChI=1S/C19H31BN2O4/c21-19(18(23)24,11-4-5-12-20(25)26)17-9-14-22(15-10-17)13-8-16-6-2-1-3-7-16/h1-3,6-7,17,25-26H,4-5,8-15,21H2,(H,23,24). The van der Waals surface area contributed by atoms with Crippen LogP contribution in [0.15, 0.2) is 30.3 Å². The lowest BCUT2D eigenvalue weighted by atomic mass is 9.74. The number of nitrogens with two attached hydrogens (primary N) is 1. The minimum Gasteiger partial charge on any atom is -0.480 e. The van der Waals surface area contributed by atoms with Crippen molar-refractivity contribution in [3.63, 3.8) is 0 Å². The number of hydrogen-bond donors (Lipinski definition) is 4. The number of hydrogen-bond acceptors (Lipinski definition) is 5. The maximum atomic E-state index is 11.8. The Balaban J connectivity index is 1.80. The lowest BCUT2D eigenvalue weighted by Crippen LogP contribution is -2.57. The molecule has 2 rings (SSSR count). The summed E-state index contributed by atoms with van der Waals surface area (Å²) in [6.45, 7) is 2.73. The Morgan fingerprint density at radius 2 is 1.85 bits per heavy atom. The monoisotopic (exact) mass is 362 g/mol. The van der Waals surface area contributed by atoms with Crippen LogP contribution < -0.4 is 5.73 Å². The summed E-state index contributed by atoms with van der Waals surface area (Å²) in [5, 5.41) is 27.5. The Kier molecular flexibility index (Phi) is 8.09. The molecule has 1 aromatic rings. The Morgan fingerprint density at radius 3 is 2.42 bits per heavy atom. The SMILES string of the molecule is NC(CCCCB(O)O)(C(=O)O)C1CCN(CCc2ccccc2)CC1. The van der Waals surface area contributed by atoms with E-state index in [9.17, 15) is 9.90 Å². The highest BCUT2D eigenvalue weighted by Gasteiger charge is 2.42. The second-order valence-electron chi connectivity index (χ2n) is 7.42. The van der Waals surface area contributed by atoms with Crippen LogP contribution in [0.3, 0.4) is 0 Å². The maximum absolute atomic E-state index is 11.8. The second kappa shape index (κ2) is 10.1. The molecule has 0 aromatic heterocycles. The number of likely N-dealkylation sites (tertiary alicyclic amines) is 1. The quantitative estimate of drug-likeness (QED) is 0.370. The first-order valence-corrected chi connectivity index (χ1v) is 9.56. The van der Waals surface area contributed by atoms with Gasteiger partial charge in [0.05, 0.1) is 0 Å². The van der Waals surface area contributed by atoms with Crippen molar-refractivity contribution in [2.24, 2.45) is 11.7 Å². The summed E-state index contributed by atoms with van der Waals surface area (Å²) in [5.74, 6) is -0.975. The van der Waals surface area contributed by atoms with Gasteiger partial charge in [-0.05, 0) is 56.6 Å². The van der Waals surface area contributed by atoms with Gasteiger partial charge in [0.15, 0.2) is 0 Å². The van der Waals surface area contributed by atoms with Gasteiger partial charge in [0, 0.05) is 6.54 Å². The molecule has 1 aliphatic heterocycles. The van der Waals surface area contributed by atoms with E-state index in [2.05, 4.69) is 17.0 Å². The van der Waals surface area contributed by atoms with Crippen molar-refractivity contribution in [3.8, 4) is 0 Å². The summed E-state index contributed by atoms with van der Waals surface area (Å²) in [7, 11) is -1.33. The molecular formula is C19H31BN2O4. The van der Waals surface area contributed by atoms with Crippen LogP contribution in [0.25, 0.3) is 0 Å². The van der Waals surface area contributed by atoms with E-state index >= 15 is 0 Å². The van der Waals surface area contributed by atoms with E-state index in [1.54, 1.807) is 0 Å². The normalized spacial score (nSPS) is 18.4. The Labute approximate surface area is 156 Å². The average molecular weight is 362 g/mol. The molecular weight excluding hydrogens is 331 g/mol. The molecule has 1 saturated heterocycles. The molecule has 7 heteroatoms. The molecule has 1 aromatic carbocycles. The highest BCUT2D eigenvalue weighted by molar-refractivity contribution is 6.40. The first kappa shape index (κ1) is 20.9. The predicted octanol–water partition coefficient (Wildman–Crippen LogP) is 1.37. The van der Waals surface area contributed by atoms with Crippen LogP contribution in [0.2, 0.25) is 6.32 Å². The minimum atomic E-state index is -1.33. The third-order valence-electron chi connectivity index (χ3n) is 5.58. The first-order valence-electron chi connectivity index (χ1n) is 9.56. The van der Waals surface area contributed by atoms with Gasteiger partial charge in [-0.2, -0.15) is 0 Å². The van der Waals surface area contributed by atoms with Crippen LogP contribution in [-0.2, 0) is 11.2 Å². The van der Waals surface area contributed by atoms with Crippen LogP contribution in [0, 0.1) is 5.92 Å². The fourth-order valence-electron chi connectivity index (χ4n) is 3.83. The predicted molar refractivity (Wildman–Crippen MR) is 103 cm³/mol. The zero-order chi connectivity index (χ0) is 19.0. The summed E-state index contributed by atoms with van der Waals surface area (Å²) < 4.78 is 0. The van der Waals surface area contributed by atoms with E-state index in [0.29, 0.717) is 19.3 Å². The van der Waals surface area contributed by atoms with Crippen molar-refractivity contribution in [2.45, 2.75) is 50.4 Å². The van der Waals surface area contributed by atoms with E-state index < -0.39 is 18.6 Å². The summed E-state index contributed by atoms with van der Waals surface area (Å²) in [6, 6.07) is 10.4. The van der Waals surface area contributed by atoms with E-state index in [0.717, 1.165) is 38.9 Å². The topological polar surface area (TPSA) is 107 Å². The minimum absolute atomic E-state index is 0.0352. The Morgan fingerprint density at radius 1 is 1.19 bits per heavy atom. The van der Waals surface area contributed by atoms with E-state index in [4.69, 9.17) is 15.8 Å². The van der Waals surface area contributed by atoms with E-state index in [-0.39, 0.29) is 12.2 Å². The zero-order valence-corrected chi connectivity index (χ0v) is 15.4. The second-order valence-corrected chi connectivity index (χ2v) is 7.42. The number of carboxylic acid groups (broad SMARTS) is 1. The molecule has 5 N–H and O–H groups in total. The zero-order valence-electron chi connectivity index (χ0n) is 15.4. The lowest BCUT2D eigenvalue weighted by Gasteiger charge is -2.40. The number of carbonyl (C=O) groups is 1. The fourth-order valence-corrected chi connectivity index (χ4v) is 3.83. The number of piperidine rings is 1. The van der Waals surface area contributed by atoms with Gasteiger partial charge in [0.2, 0.25) is 0 Å². The van der Waals surface area contributed by atoms with Crippen LogP contribution in [0.1, 0.15) is 37.7 Å². The number of nitrogens with zero attached hydrogens (tertiary/aromatic N) is 1. The summed E-state index contributed by atoms with van der Waals surface area (Å²) in [6.07, 6.45) is 4.38. The third kappa shape index (κ3) is 6.09. The van der Waals surface area contributed by atoms with Gasteiger partial charge in [-0.3, -0.25) is 4.79 Å². The average Bonchev–Trinajstić information content (AvgIpc) is 2.64. The smallest absolute Gasteiger partial charge is 0.451 e. The van der Waals surface area contributed by atoms with Crippen molar-refractivity contribution in [3.05, 3.63) is 35.9 Å². The van der Waals surface area contributed by atoms with Crippen molar-refractivity contribution < 1.29 is 19.9 Å². The number of rotatable bonds is 10. The highest BCUT2D eigenvalue weighted by atomic mass is 16.4. The molecule has 26 heavy (non-hydrogen) atoms. The van der Waals surface area contributed by atoms with Gasteiger partial charge in [-0.1, -0.05) is 43.2 Å². The molecule has 1 aliphatic rings. The summed E-state index contributed by atoms with van der Waals surface area (Å²) in [5.41, 5.74) is 6.40. The molecule has 1 heterocycles. The summed E-state index contributed by atoms with van der Waals surface area (Å²) >= 11 is 0. The molecule has 144 valence electrons. The van der Waals surface area contributed by atoms with Crippen molar-refractivity contribution in [1.82, 2.24) is 4.90 Å². The van der Waals surface area contributed by atoms with Crippen LogP contribution >= 0.6 is 0 Å². The van der Waals surface area contributed by atoms with Crippen molar-refractivity contribution in [1.29, 1.82) is 0 Å². The number of benzene rings is 1. The molecule has 0 saturated carbocycles. The number of carboxylic acids is 1. The molecule has 0 aliphatic carbocycles. The Bertz CT molecular complexity index is 550. The molecule has 1 unspecified atom stereocenters. The van der Waals surface area contributed by atoms with Crippen molar-refractivity contribution in [2.75, 3.05) is 19.6 Å². The van der Waals surface area contributed by atoms with Gasteiger partial charge in [0.1, 0.15) is 5.54 Å². The maximum Gasteiger partial charge on any atom is 0.451 e. The van der Waals surface area contributed by atoms with Crippen LogP contribution in [-0.4, -0.2) is 58.3 Å². The molecule has 0 amide bonds. The third-order valence-corrected chi connectivity index (χ3v) is 5.58. The number of unbranched alkanes of at least 4 members (excludes halogenated alkanes) is 1. The first-order chi connectivity index (χ1) is 12.4. The Hall–Kier alpha value is -1.41. The molecule has 0 radical (unpaired) electrons. The van der Waals surface area contributed by atoms with Gasteiger partial charge in [-0.25, -0.2) is 0 Å². The molecule has 0 bridgehead atoms. The fraction of sp³-hybridized carbons (Fsp3) is 0.632. The van der Waals surface area contributed by atoms with Gasteiger partial charge >= 0.3 is 13.1 Å². The molecule has 0 spiro atoms. The molecule has 6 nitrogen and oxygen atoms in total. The van der Waals surface area contributed by atoms with Crippen molar-refractivity contribution >= 4 is 13.1 Å². The number of aliphatic carboxylic acids is 1. The van der Waals surface area contributed by atoms with Gasteiger partial charge in [0.25, 0.3) is 0 Å². The van der Waals surface area contributed by atoms with Gasteiger partial charge < -0.3 is 25.8 Å². The highest BCUT2D eigenvalue weighted by Crippen LogP contribution is 2.31. The van der Waals surface area contributed by atoms with E-state index in [1.807, 2.05) is 18.2 Å². The van der Waals surface area contributed by atoms with Crippen LogP contribution in [0.5, 0.6) is 0 Å².